The number of fused-ring (bicyclic) bond motifs is 1. The molecule has 0 aliphatic rings. The molecule has 3 nitrogen and oxygen atoms in total. The molecule has 0 aliphatic heterocycles. The van der Waals surface area contributed by atoms with E-state index in [9.17, 15) is 0 Å². The lowest BCUT2D eigenvalue weighted by atomic mass is 10.1. The predicted octanol–water partition coefficient (Wildman–Crippen LogP) is 1.11. The highest BCUT2D eigenvalue weighted by Crippen LogP contribution is 2.14. The molecule has 0 radical (unpaired) electrons. The Morgan fingerprint density at radius 1 is 1.46 bits per heavy atom. The summed E-state index contributed by atoms with van der Waals surface area (Å²) in [5.74, 6) is 0. The second-order valence-electron chi connectivity index (χ2n) is 3.13. The topological polar surface area (TPSA) is 38.0 Å². The molecule has 0 amide bonds. The van der Waals surface area contributed by atoms with Gasteiger partial charge < -0.3 is 5.11 Å². The van der Waals surface area contributed by atoms with Crippen molar-refractivity contribution in [3.05, 3.63) is 30.0 Å². The van der Waals surface area contributed by atoms with Gasteiger partial charge in [0, 0.05) is 19.0 Å². The zero-order valence-corrected chi connectivity index (χ0v) is 7.57. The second kappa shape index (κ2) is 3.18. The van der Waals surface area contributed by atoms with Gasteiger partial charge in [-0.3, -0.25) is 4.68 Å². The molecule has 3 heteroatoms. The quantitative estimate of drug-likeness (QED) is 0.744. The van der Waals surface area contributed by atoms with E-state index in [1.165, 1.54) is 0 Å². The summed E-state index contributed by atoms with van der Waals surface area (Å²) in [6.45, 7) is 0.198. The summed E-state index contributed by atoms with van der Waals surface area (Å²) < 4.78 is 1.84. The van der Waals surface area contributed by atoms with Crippen molar-refractivity contribution in [2.45, 2.75) is 6.42 Å². The van der Waals surface area contributed by atoms with Crippen molar-refractivity contribution < 1.29 is 5.11 Å². The molecule has 2 rings (SSSR count). The van der Waals surface area contributed by atoms with Crippen LogP contribution in [0.1, 0.15) is 5.56 Å². The summed E-state index contributed by atoms with van der Waals surface area (Å²) in [6.07, 6.45) is 2.55. The second-order valence-corrected chi connectivity index (χ2v) is 3.13. The third-order valence-corrected chi connectivity index (χ3v) is 2.21. The van der Waals surface area contributed by atoms with E-state index in [-0.39, 0.29) is 6.61 Å². The van der Waals surface area contributed by atoms with E-state index in [1.807, 2.05) is 30.1 Å². The Hall–Kier alpha value is -1.35. The van der Waals surface area contributed by atoms with Crippen LogP contribution in [0.3, 0.4) is 0 Å². The minimum atomic E-state index is 0.198. The number of aliphatic hydroxyl groups excluding tert-OH is 1. The van der Waals surface area contributed by atoms with Crippen LogP contribution in [-0.4, -0.2) is 21.5 Å². The van der Waals surface area contributed by atoms with Gasteiger partial charge in [-0.05, 0) is 18.1 Å². The monoisotopic (exact) mass is 176 g/mol. The molecule has 13 heavy (non-hydrogen) atoms. The lowest BCUT2D eigenvalue weighted by Gasteiger charge is -1.99. The molecule has 0 bridgehead atoms. The number of hydrogen-bond acceptors (Lipinski definition) is 2. The van der Waals surface area contributed by atoms with Crippen LogP contribution in [-0.2, 0) is 13.5 Å². The first-order chi connectivity index (χ1) is 6.31. The Balaban J connectivity index is 2.53. The number of aliphatic hydroxyl groups is 1. The Bertz CT molecular complexity index is 420. The number of benzene rings is 1. The van der Waals surface area contributed by atoms with Crippen LogP contribution >= 0.6 is 0 Å². The Morgan fingerprint density at radius 3 is 3.08 bits per heavy atom. The van der Waals surface area contributed by atoms with Crippen LogP contribution in [0.5, 0.6) is 0 Å². The van der Waals surface area contributed by atoms with E-state index in [0.717, 1.165) is 16.5 Å². The molecule has 1 aromatic heterocycles. The fourth-order valence-corrected chi connectivity index (χ4v) is 1.47. The molecule has 1 N–H and O–H groups in total. The van der Waals surface area contributed by atoms with E-state index in [1.54, 1.807) is 0 Å². The normalized spacial score (nSPS) is 10.9. The average molecular weight is 176 g/mol. The fraction of sp³-hybridized carbons (Fsp3) is 0.300. The number of aryl methyl sites for hydroxylation is 1. The van der Waals surface area contributed by atoms with Crippen molar-refractivity contribution >= 4 is 10.9 Å². The van der Waals surface area contributed by atoms with Crippen molar-refractivity contribution in [1.29, 1.82) is 0 Å². The van der Waals surface area contributed by atoms with Crippen molar-refractivity contribution in [3.8, 4) is 0 Å². The molecule has 0 saturated carbocycles. The maximum Gasteiger partial charge on any atom is 0.0681 e. The highest BCUT2D eigenvalue weighted by atomic mass is 16.2. The number of rotatable bonds is 2. The molecule has 0 fully saturated rings. The zero-order valence-electron chi connectivity index (χ0n) is 7.57. The first-order valence-electron chi connectivity index (χ1n) is 4.33. The first-order valence-corrected chi connectivity index (χ1v) is 4.33. The third-order valence-electron chi connectivity index (χ3n) is 2.21. The van der Waals surface area contributed by atoms with E-state index in [0.29, 0.717) is 6.42 Å². The van der Waals surface area contributed by atoms with E-state index in [4.69, 9.17) is 5.11 Å². The molecule has 1 heterocycles. The van der Waals surface area contributed by atoms with Gasteiger partial charge in [0.2, 0.25) is 0 Å². The number of nitrogens with zero attached hydrogens (tertiary/aromatic N) is 2. The smallest absolute Gasteiger partial charge is 0.0681 e. The van der Waals surface area contributed by atoms with Crippen LogP contribution < -0.4 is 0 Å². The zero-order chi connectivity index (χ0) is 9.26. The first kappa shape index (κ1) is 8.26. The van der Waals surface area contributed by atoms with Crippen LogP contribution in [0.4, 0.5) is 0 Å². The SMILES string of the molecule is Cn1ncc2ccc(CCO)cc21. The summed E-state index contributed by atoms with van der Waals surface area (Å²) in [6, 6.07) is 6.13. The molecule has 0 spiro atoms. The summed E-state index contributed by atoms with van der Waals surface area (Å²) in [7, 11) is 1.92. The lowest BCUT2D eigenvalue weighted by molar-refractivity contribution is 0.299. The Kier molecular flexibility index (Phi) is 2.02. The maximum absolute atomic E-state index is 8.79. The summed E-state index contributed by atoms with van der Waals surface area (Å²) in [5, 5.41) is 14.1. The van der Waals surface area contributed by atoms with E-state index < -0.39 is 0 Å². The maximum atomic E-state index is 8.79. The third kappa shape index (κ3) is 1.42. The molecule has 0 aliphatic carbocycles. The van der Waals surface area contributed by atoms with Gasteiger partial charge in [-0.25, -0.2) is 0 Å². The molecule has 2 aromatic rings. The van der Waals surface area contributed by atoms with Gasteiger partial charge in [0.1, 0.15) is 0 Å². The molecule has 68 valence electrons. The standard InChI is InChI=1S/C10H12N2O/c1-12-10-6-8(4-5-13)2-3-9(10)7-11-12/h2-3,6-7,13H,4-5H2,1H3. The number of hydrogen-bond donors (Lipinski definition) is 1. The number of aromatic nitrogens is 2. The highest BCUT2D eigenvalue weighted by Gasteiger charge is 1.99. The van der Waals surface area contributed by atoms with Crippen LogP contribution in [0, 0.1) is 0 Å². The van der Waals surface area contributed by atoms with Gasteiger partial charge in [-0.2, -0.15) is 5.10 Å². The van der Waals surface area contributed by atoms with E-state index in [2.05, 4.69) is 11.2 Å². The van der Waals surface area contributed by atoms with Crippen molar-refractivity contribution in [1.82, 2.24) is 9.78 Å². The van der Waals surface area contributed by atoms with Crippen LogP contribution in [0.2, 0.25) is 0 Å². The molecular weight excluding hydrogens is 164 g/mol. The molecule has 0 atom stereocenters. The lowest BCUT2D eigenvalue weighted by Crippen LogP contribution is -1.92. The molecule has 1 aromatic carbocycles. The van der Waals surface area contributed by atoms with Crippen LogP contribution in [0.25, 0.3) is 10.9 Å². The van der Waals surface area contributed by atoms with Gasteiger partial charge >= 0.3 is 0 Å². The Labute approximate surface area is 76.6 Å². The minimum absolute atomic E-state index is 0.198. The van der Waals surface area contributed by atoms with Crippen molar-refractivity contribution in [3.63, 3.8) is 0 Å². The van der Waals surface area contributed by atoms with Crippen molar-refractivity contribution in [2.24, 2.45) is 7.05 Å². The van der Waals surface area contributed by atoms with Crippen molar-refractivity contribution in [2.75, 3.05) is 6.61 Å². The summed E-state index contributed by atoms with van der Waals surface area (Å²) in [5.41, 5.74) is 2.27. The van der Waals surface area contributed by atoms with Gasteiger partial charge in [0.05, 0.1) is 11.7 Å². The fourth-order valence-electron chi connectivity index (χ4n) is 1.47. The Morgan fingerprint density at radius 2 is 2.31 bits per heavy atom. The molecular formula is C10H12N2O. The van der Waals surface area contributed by atoms with Crippen LogP contribution in [0.15, 0.2) is 24.4 Å². The summed E-state index contributed by atoms with van der Waals surface area (Å²) in [4.78, 5) is 0. The van der Waals surface area contributed by atoms with Gasteiger partial charge in [-0.15, -0.1) is 0 Å². The van der Waals surface area contributed by atoms with Gasteiger partial charge in [0.15, 0.2) is 0 Å². The highest BCUT2D eigenvalue weighted by molar-refractivity contribution is 5.79. The molecule has 0 unspecified atom stereocenters. The largest absolute Gasteiger partial charge is 0.396 e. The van der Waals surface area contributed by atoms with E-state index >= 15 is 0 Å². The minimum Gasteiger partial charge on any atom is -0.396 e. The van der Waals surface area contributed by atoms with Gasteiger partial charge in [-0.1, -0.05) is 12.1 Å². The molecule has 0 saturated heterocycles. The summed E-state index contributed by atoms with van der Waals surface area (Å²) >= 11 is 0. The predicted molar refractivity (Wildman–Crippen MR) is 51.5 cm³/mol. The average Bonchev–Trinajstić information content (AvgIpc) is 2.49. The van der Waals surface area contributed by atoms with Gasteiger partial charge in [0.25, 0.3) is 0 Å².